The molecular weight excluding hydrogens is 375 g/mol. The van der Waals surface area contributed by atoms with Crippen LogP contribution in [0.2, 0.25) is 0 Å². The van der Waals surface area contributed by atoms with Crippen LogP contribution in [-0.2, 0) is 11.2 Å². The molecule has 0 unspecified atom stereocenters. The second-order valence-corrected chi connectivity index (χ2v) is 6.90. The Morgan fingerprint density at radius 2 is 1.55 bits per heavy atom. The van der Waals surface area contributed by atoms with Gasteiger partial charge in [0.15, 0.2) is 11.5 Å². The minimum atomic E-state index is -0.371. The van der Waals surface area contributed by atoms with E-state index in [2.05, 4.69) is 0 Å². The Kier molecular flexibility index (Phi) is 6.69. The number of methoxy groups -OCH3 is 2. The molecule has 29 heavy (non-hydrogen) atoms. The van der Waals surface area contributed by atoms with Crippen LogP contribution in [0.3, 0.4) is 0 Å². The summed E-state index contributed by atoms with van der Waals surface area (Å²) in [5.74, 6) is 0.704. The van der Waals surface area contributed by atoms with Crippen LogP contribution in [-0.4, -0.2) is 62.0 Å². The predicted molar refractivity (Wildman–Crippen MR) is 107 cm³/mol. The zero-order chi connectivity index (χ0) is 20.8. The molecule has 2 amide bonds. The van der Waals surface area contributed by atoms with Gasteiger partial charge in [0.25, 0.3) is 5.91 Å². The maximum absolute atomic E-state index is 13.1. The van der Waals surface area contributed by atoms with Crippen LogP contribution in [0.15, 0.2) is 42.5 Å². The number of nitrogens with zero attached hydrogens (tertiary/aromatic N) is 2. The number of amides is 2. The van der Waals surface area contributed by atoms with Crippen LogP contribution in [0.4, 0.5) is 4.39 Å². The zero-order valence-electron chi connectivity index (χ0n) is 16.7. The number of carbonyl (C=O) groups is 2. The molecular formula is C22H25FN2O4. The van der Waals surface area contributed by atoms with Gasteiger partial charge in [-0.1, -0.05) is 6.07 Å². The lowest BCUT2D eigenvalue weighted by Gasteiger charge is -2.22. The Morgan fingerprint density at radius 3 is 2.24 bits per heavy atom. The lowest BCUT2D eigenvalue weighted by molar-refractivity contribution is -0.130. The summed E-state index contributed by atoms with van der Waals surface area (Å²) in [7, 11) is 3.13. The predicted octanol–water partition coefficient (Wildman–Crippen LogP) is 2.76. The third-order valence-corrected chi connectivity index (χ3v) is 5.03. The molecule has 154 valence electrons. The standard InChI is InChI=1S/C22H25FN2O4/c1-28-19-9-4-16(14-20(19)29-2)15-21(26)24-10-3-11-25(13-12-24)22(27)17-5-7-18(23)8-6-17/h4-9,14H,3,10-13,15H2,1-2H3. The smallest absolute Gasteiger partial charge is 0.253 e. The Balaban J connectivity index is 1.61. The van der Waals surface area contributed by atoms with Gasteiger partial charge in [-0.3, -0.25) is 9.59 Å². The number of hydrogen-bond acceptors (Lipinski definition) is 4. The molecule has 0 aliphatic carbocycles. The van der Waals surface area contributed by atoms with Gasteiger partial charge in [-0.25, -0.2) is 4.39 Å². The Hall–Kier alpha value is -3.09. The quantitative estimate of drug-likeness (QED) is 0.775. The number of ether oxygens (including phenoxy) is 2. The number of halogens is 1. The molecule has 2 aromatic carbocycles. The van der Waals surface area contributed by atoms with E-state index in [0.717, 1.165) is 5.56 Å². The first-order valence-corrected chi connectivity index (χ1v) is 9.55. The van der Waals surface area contributed by atoms with Gasteiger partial charge >= 0.3 is 0 Å². The minimum Gasteiger partial charge on any atom is -0.493 e. The summed E-state index contributed by atoms with van der Waals surface area (Å²) in [4.78, 5) is 28.9. The molecule has 1 fully saturated rings. The van der Waals surface area contributed by atoms with Gasteiger partial charge < -0.3 is 19.3 Å². The van der Waals surface area contributed by atoms with Crippen molar-refractivity contribution in [2.75, 3.05) is 40.4 Å². The van der Waals surface area contributed by atoms with E-state index >= 15 is 0 Å². The summed E-state index contributed by atoms with van der Waals surface area (Å²) < 4.78 is 23.6. The van der Waals surface area contributed by atoms with Crippen molar-refractivity contribution < 1.29 is 23.5 Å². The van der Waals surface area contributed by atoms with Gasteiger partial charge in [0.1, 0.15) is 5.82 Å². The number of benzene rings is 2. The molecule has 0 spiro atoms. The monoisotopic (exact) mass is 400 g/mol. The maximum Gasteiger partial charge on any atom is 0.253 e. The third-order valence-electron chi connectivity index (χ3n) is 5.03. The molecule has 1 aliphatic rings. The first kappa shape index (κ1) is 20.6. The van der Waals surface area contributed by atoms with Crippen LogP contribution in [0, 0.1) is 5.82 Å². The summed E-state index contributed by atoms with van der Waals surface area (Å²) in [6.07, 6.45) is 0.955. The molecule has 7 heteroatoms. The molecule has 0 atom stereocenters. The molecule has 1 saturated heterocycles. The fraction of sp³-hybridized carbons (Fsp3) is 0.364. The average molecular weight is 400 g/mol. The van der Waals surface area contributed by atoms with Crippen molar-refractivity contribution in [2.24, 2.45) is 0 Å². The van der Waals surface area contributed by atoms with E-state index in [1.54, 1.807) is 36.2 Å². The highest BCUT2D eigenvalue weighted by molar-refractivity contribution is 5.94. The highest BCUT2D eigenvalue weighted by Gasteiger charge is 2.23. The summed E-state index contributed by atoms with van der Waals surface area (Å²) in [5.41, 5.74) is 1.30. The van der Waals surface area contributed by atoms with Crippen molar-refractivity contribution in [1.29, 1.82) is 0 Å². The molecule has 0 radical (unpaired) electrons. The van der Waals surface area contributed by atoms with E-state index in [0.29, 0.717) is 49.7 Å². The van der Waals surface area contributed by atoms with Gasteiger partial charge in [0.2, 0.25) is 5.91 Å². The fourth-order valence-electron chi connectivity index (χ4n) is 3.42. The Labute approximate surface area is 169 Å². The van der Waals surface area contributed by atoms with Crippen LogP contribution < -0.4 is 9.47 Å². The normalized spacial score (nSPS) is 14.3. The average Bonchev–Trinajstić information content (AvgIpc) is 3.00. The maximum atomic E-state index is 13.1. The van der Waals surface area contributed by atoms with Gasteiger partial charge in [-0.2, -0.15) is 0 Å². The molecule has 1 aliphatic heterocycles. The fourth-order valence-corrected chi connectivity index (χ4v) is 3.42. The second-order valence-electron chi connectivity index (χ2n) is 6.90. The summed E-state index contributed by atoms with van der Waals surface area (Å²) in [6.45, 7) is 2.09. The topological polar surface area (TPSA) is 59.1 Å². The van der Waals surface area contributed by atoms with Crippen LogP contribution in [0.1, 0.15) is 22.3 Å². The largest absolute Gasteiger partial charge is 0.493 e. The van der Waals surface area contributed by atoms with Crippen molar-refractivity contribution in [3.05, 3.63) is 59.4 Å². The molecule has 0 aromatic heterocycles. The van der Waals surface area contributed by atoms with E-state index < -0.39 is 0 Å². The van der Waals surface area contributed by atoms with Crippen LogP contribution >= 0.6 is 0 Å². The van der Waals surface area contributed by atoms with Crippen molar-refractivity contribution in [3.63, 3.8) is 0 Å². The van der Waals surface area contributed by atoms with E-state index in [1.807, 2.05) is 6.07 Å². The number of rotatable bonds is 5. The molecule has 0 saturated carbocycles. The SMILES string of the molecule is COc1ccc(CC(=O)N2CCCN(C(=O)c3ccc(F)cc3)CC2)cc1OC. The number of carbonyl (C=O) groups excluding carboxylic acids is 2. The van der Waals surface area contributed by atoms with E-state index in [-0.39, 0.29) is 24.1 Å². The van der Waals surface area contributed by atoms with Gasteiger partial charge in [0, 0.05) is 31.7 Å². The van der Waals surface area contributed by atoms with Crippen molar-refractivity contribution in [3.8, 4) is 11.5 Å². The van der Waals surface area contributed by atoms with Gasteiger partial charge in [-0.15, -0.1) is 0 Å². The third kappa shape index (κ3) is 5.04. The lowest BCUT2D eigenvalue weighted by Crippen LogP contribution is -2.38. The van der Waals surface area contributed by atoms with Crippen molar-refractivity contribution in [1.82, 2.24) is 9.80 Å². The van der Waals surface area contributed by atoms with Gasteiger partial charge in [0.05, 0.1) is 20.6 Å². The highest BCUT2D eigenvalue weighted by Crippen LogP contribution is 2.28. The van der Waals surface area contributed by atoms with Crippen molar-refractivity contribution in [2.45, 2.75) is 12.8 Å². The summed E-state index contributed by atoms with van der Waals surface area (Å²) in [5, 5.41) is 0. The van der Waals surface area contributed by atoms with Gasteiger partial charge in [-0.05, 0) is 48.4 Å². The minimum absolute atomic E-state index is 0.00769. The van der Waals surface area contributed by atoms with E-state index in [9.17, 15) is 14.0 Å². The molecule has 0 bridgehead atoms. The number of hydrogen-bond donors (Lipinski definition) is 0. The second kappa shape index (κ2) is 9.41. The molecule has 1 heterocycles. The van der Waals surface area contributed by atoms with Crippen molar-refractivity contribution >= 4 is 11.8 Å². The molecule has 6 nitrogen and oxygen atoms in total. The van der Waals surface area contributed by atoms with Crippen LogP contribution in [0.5, 0.6) is 11.5 Å². The summed E-state index contributed by atoms with van der Waals surface area (Å²) >= 11 is 0. The molecule has 2 aromatic rings. The first-order valence-electron chi connectivity index (χ1n) is 9.55. The first-order chi connectivity index (χ1) is 14.0. The van der Waals surface area contributed by atoms with E-state index in [4.69, 9.17) is 9.47 Å². The lowest BCUT2D eigenvalue weighted by atomic mass is 10.1. The van der Waals surface area contributed by atoms with Crippen LogP contribution in [0.25, 0.3) is 0 Å². The molecule has 0 N–H and O–H groups in total. The summed E-state index contributed by atoms with van der Waals surface area (Å²) in [6, 6.07) is 11.0. The Bertz CT molecular complexity index is 870. The Morgan fingerprint density at radius 1 is 0.897 bits per heavy atom. The van der Waals surface area contributed by atoms with E-state index in [1.165, 1.54) is 24.3 Å². The molecule has 3 rings (SSSR count). The zero-order valence-corrected chi connectivity index (χ0v) is 16.7. The highest BCUT2D eigenvalue weighted by atomic mass is 19.1.